The Balaban J connectivity index is 1.68. The Hall–Kier alpha value is -3.74. The molecule has 2 aromatic carbocycles. The molecule has 0 spiro atoms. The number of nitrogens with zero attached hydrogens (tertiary/aromatic N) is 1. The number of ether oxygens (including phenoxy) is 4. The highest BCUT2D eigenvalue weighted by atomic mass is 16.6. The molecule has 0 N–H and O–H groups in total. The van der Waals surface area contributed by atoms with E-state index in [0.717, 1.165) is 28.8 Å². The van der Waals surface area contributed by atoms with E-state index < -0.39 is 12.1 Å². The van der Waals surface area contributed by atoms with Crippen LogP contribution < -0.4 is 14.2 Å². The van der Waals surface area contributed by atoms with Gasteiger partial charge < -0.3 is 23.5 Å². The predicted molar refractivity (Wildman–Crippen MR) is 125 cm³/mol. The van der Waals surface area contributed by atoms with E-state index in [-0.39, 0.29) is 18.1 Å². The van der Waals surface area contributed by atoms with Gasteiger partial charge in [0.1, 0.15) is 17.2 Å². The number of carbonyl (C=O) groups is 2. The summed E-state index contributed by atoms with van der Waals surface area (Å²) >= 11 is 0. The van der Waals surface area contributed by atoms with Crippen molar-refractivity contribution in [1.82, 2.24) is 4.57 Å². The Morgan fingerprint density at radius 2 is 1.97 bits per heavy atom. The van der Waals surface area contributed by atoms with E-state index in [9.17, 15) is 9.59 Å². The summed E-state index contributed by atoms with van der Waals surface area (Å²) in [5, 5.41) is 0.972. The molecule has 0 radical (unpaired) electrons. The topological polar surface area (TPSA) is 76.0 Å². The van der Waals surface area contributed by atoms with Crippen LogP contribution in [0.4, 0.5) is 0 Å². The molecule has 33 heavy (non-hydrogen) atoms. The van der Waals surface area contributed by atoms with Crippen molar-refractivity contribution in [3.63, 3.8) is 0 Å². The lowest BCUT2D eigenvalue weighted by atomic mass is 10.0. The lowest BCUT2D eigenvalue weighted by molar-refractivity contribution is -0.150. The summed E-state index contributed by atoms with van der Waals surface area (Å²) in [4.78, 5) is 25.0. The van der Waals surface area contributed by atoms with Crippen molar-refractivity contribution in [2.45, 2.75) is 40.3 Å². The molecule has 1 unspecified atom stereocenters. The zero-order valence-corrected chi connectivity index (χ0v) is 19.4. The fourth-order valence-corrected chi connectivity index (χ4v) is 4.01. The molecule has 1 aliphatic heterocycles. The minimum Gasteiger partial charge on any atom is -0.497 e. The summed E-state index contributed by atoms with van der Waals surface area (Å²) in [5.74, 6) is 1.19. The van der Waals surface area contributed by atoms with Crippen molar-refractivity contribution in [3.05, 3.63) is 59.0 Å². The summed E-state index contributed by atoms with van der Waals surface area (Å²) in [7, 11) is 1.63. The van der Waals surface area contributed by atoms with Gasteiger partial charge in [-0.05, 0) is 63.6 Å². The smallest absolute Gasteiger partial charge is 0.347 e. The Bertz CT molecular complexity index is 1270. The van der Waals surface area contributed by atoms with Crippen molar-refractivity contribution >= 4 is 28.7 Å². The van der Waals surface area contributed by atoms with Crippen LogP contribution >= 0.6 is 0 Å². The normalized spacial score (nSPS) is 14.8. The molecule has 0 saturated heterocycles. The first kappa shape index (κ1) is 22.5. The SMILES string of the molecule is CCOC(=O)C(C)Oc1cc(C)c2c(c1)O/C(=C\c1cn(CC)c3ccc(OC)cc13)C2=O. The quantitative estimate of drug-likeness (QED) is 0.376. The van der Waals surface area contributed by atoms with Crippen LogP contribution in [0.25, 0.3) is 17.0 Å². The Morgan fingerprint density at radius 1 is 1.18 bits per heavy atom. The van der Waals surface area contributed by atoms with Gasteiger partial charge in [-0.2, -0.15) is 0 Å². The first-order chi connectivity index (χ1) is 15.9. The largest absolute Gasteiger partial charge is 0.497 e. The first-order valence-electron chi connectivity index (χ1n) is 10.9. The Morgan fingerprint density at radius 3 is 2.67 bits per heavy atom. The highest BCUT2D eigenvalue weighted by Gasteiger charge is 2.31. The summed E-state index contributed by atoms with van der Waals surface area (Å²) < 4.78 is 24.2. The molecule has 3 aromatic rings. The monoisotopic (exact) mass is 449 g/mol. The van der Waals surface area contributed by atoms with E-state index in [1.54, 1.807) is 39.2 Å². The Kier molecular flexibility index (Phi) is 6.14. The number of aromatic nitrogens is 1. The molecular weight excluding hydrogens is 422 g/mol. The van der Waals surface area contributed by atoms with Gasteiger partial charge in [-0.3, -0.25) is 4.79 Å². The molecule has 0 bridgehead atoms. The lowest BCUT2D eigenvalue weighted by Crippen LogP contribution is -2.26. The van der Waals surface area contributed by atoms with Crippen LogP contribution in [-0.4, -0.2) is 36.1 Å². The molecule has 1 aromatic heterocycles. The number of Topliss-reactive ketones (excluding diaryl/α,β-unsaturated/α-hetero) is 1. The van der Waals surface area contributed by atoms with Crippen LogP contribution in [0.5, 0.6) is 17.2 Å². The van der Waals surface area contributed by atoms with Crippen molar-refractivity contribution in [2.24, 2.45) is 0 Å². The molecule has 1 aliphatic rings. The lowest BCUT2D eigenvalue weighted by Gasteiger charge is -2.14. The first-order valence-corrected chi connectivity index (χ1v) is 10.9. The van der Waals surface area contributed by atoms with Crippen LogP contribution in [-0.2, 0) is 16.1 Å². The van der Waals surface area contributed by atoms with E-state index >= 15 is 0 Å². The van der Waals surface area contributed by atoms with Gasteiger partial charge in [0.05, 0.1) is 19.3 Å². The van der Waals surface area contributed by atoms with Gasteiger partial charge in [0, 0.05) is 35.3 Å². The van der Waals surface area contributed by atoms with E-state index in [1.807, 2.05) is 31.3 Å². The van der Waals surface area contributed by atoms with Gasteiger partial charge in [0.25, 0.3) is 0 Å². The second-order valence-electron chi connectivity index (χ2n) is 7.82. The van der Waals surface area contributed by atoms with E-state index in [0.29, 0.717) is 22.6 Å². The number of allylic oxidation sites excluding steroid dienone is 1. The highest BCUT2D eigenvalue weighted by Crippen LogP contribution is 2.38. The Labute approximate surface area is 192 Å². The fourth-order valence-electron chi connectivity index (χ4n) is 4.01. The zero-order chi connectivity index (χ0) is 23.7. The van der Waals surface area contributed by atoms with Gasteiger partial charge in [0.15, 0.2) is 11.9 Å². The number of ketones is 1. The second kappa shape index (κ2) is 9.02. The second-order valence-corrected chi connectivity index (χ2v) is 7.82. The fraction of sp³-hybridized carbons (Fsp3) is 0.308. The molecule has 0 saturated carbocycles. The van der Waals surface area contributed by atoms with Crippen LogP contribution in [0.1, 0.15) is 42.3 Å². The van der Waals surface area contributed by atoms with E-state index in [1.165, 1.54) is 0 Å². The predicted octanol–water partition coefficient (Wildman–Crippen LogP) is 4.92. The number of rotatable bonds is 7. The number of fused-ring (bicyclic) bond motifs is 2. The van der Waals surface area contributed by atoms with Crippen LogP contribution in [0.3, 0.4) is 0 Å². The molecule has 0 aliphatic carbocycles. The van der Waals surface area contributed by atoms with Crippen LogP contribution in [0, 0.1) is 6.92 Å². The maximum Gasteiger partial charge on any atom is 0.347 e. The van der Waals surface area contributed by atoms with Crippen molar-refractivity contribution in [3.8, 4) is 17.2 Å². The number of methoxy groups -OCH3 is 1. The minimum absolute atomic E-state index is 0.187. The van der Waals surface area contributed by atoms with Crippen molar-refractivity contribution in [1.29, 1.82) is 0 Å². The average Bonchev–Trinajstić information content (AvgIpc) is 3.30. The van der Waals surface area contributed by atoms with Gasteiger partial charge in [0.2, 0.25) is 5.78 Å². The van der Waals surface area contributed by atoms with E-state index in [4.69, 9.17) is 18.9 Å². The van der Waals surface area contributed by atoms with Gasteiger partial charge in [-0.25, -0.2) is 4.79 Å². The van der Waals surface area contributed by atoms with Crippen LogP contribution in [0.2, 0.25) is 0 Å². The number of aryl methyl sites for hydroxylation is 2. The summed E-state index contributed by atoms with van der Waals surface area (Å²) in [6.45, 7) is 8.32. The van der Waals surface area contributed by atoms with Crippen molar-refractivity contribution < 1.29 is 28.5 Å². The number of carbonyl (C=O) groups excluding carboxylic acids is 2. The third-order valence-electron chi connectivity index (χ3n) is 5.62. The summed E-state index contributed by atoms with van der Waals surface area (Å²) in [6.07, 6.45) is 2.99. The number of hydrogen-bond donors (Lipinski definition) is 0. The van der Waals surface area contributed by atoms with Crippen LogP contribution in [0.15, 0.2) is 42.3 Å². The average molecular weight is 450 g/mol. The molecule has 7 nitrogen and oxygen atoms in total. The van der Waals surface area contributed by atoms with Crippen molar-refractivity contribution in [2.75, 3.05) is 13.7 Å². The van der Waals surface area contributed by atoms with Gasteiger partial charge >= 0.3 is 5.97 Å². The number of benzene rings is 2. The molecule has 0 fully saturated rings. The third kappa shape index (κ3) is 4.18. The molecular formula is C26H27NO6. The maximum atomic E-state index is 13.1. The molecule has 2 heterocycles. The summed E-state index contributed by atoms with van der Waals surface area (Å²) in [6, 6.07) is 9.24. The number of hydrogen-bond acceptors (Lipinski definition) is 6. The minimum atomic E-state index is -0.773. The standard InChI is InChI=1S/C26H27NO6/c1-6-27-14-17(20-12-18(30-5)8-9-21(20)27)11-23-25(28)24-15(3)10-19(13-22(24)33-23)32-16(4)26(29)31-7-2/h8-14,16H,6-7H2,1-5H3/b23-11-. The molecule has 1 atom stereocenters. The van der Waals surface area contributed by atoms with Gasteiger partial charge in [-0.1, -0.05) is 0 Å². The third-order valence-corrected chi connectivity index (χ3v) is 5.62. The highest BCUT2D eigenvalue weighted by molar-refractivity contribution is 6.16. The zero-order valence-electron chi connectivity index (χ0n) is 19.4. The molecule has 0 amide bonds. The molecule has 4 rings (SSSR count). The molecule has 7 heteroatoms. The summed E-state index contributed by atoms with van der Waals surface area (Å²) in [5.41, 5.74) is 3.12. The maximum absolute atomic E-state index is 13.1. The molecule has 172 valence electrons. The van der Waals surface area contributed by atoms with Gasteiger partial charge in [-0.15, -0.1) is 0 Å². The number of esters is 1. The van der Waals surface area contributed by atoms with E-state index in [2.05, 4.69) is 11.5 Å².